The molecular weight excluding hydrogens is 496 g/mol. The maximum Gasteiger partial charge on any atom is 0.0702 e. The van der Waals surface area contributed by atoms with Crippen LogP contribution in [0.5, 0.6) is 0 Å². The van der Waals surface area contributed by atoms with E-state index >= 15 is 0 Å². The SMILES string of the molecule is Cc1ccc2c3c(cccc13)-c1c-2c(-c2cnc3ccccc3c2)c2ccccc2c1-c1cnc2ccccc2c1. The summed E-state index contributed by atoms with van der Waals surface area (Å²) in [4.78, 5) is 9.81. The van der Waals surface area contributed by atoms with Gasteiger partial charge in [0.2, 0.25) is 0 Å². The average molecular weight is 521 g/mol. The molecule has 2 heterocycles. The second-order valence-corrected chi connectivity index (χ2v) is 11.0. The molecule has 0 saturated carbocycles. The highest BCUT2D eigenvalue weighted by Crippen LogP contribution is 2.57. The topological polar surface area (TPSA) is 25.8 Å². The van der Waals surface area contributed by atoms with E-state index in [-0.39, 0.29) is 0 Å². The second-order valence-electron chi connectivity index (χ2n) is 11.0. The van der Waals surface area contributed by atoms with Crippen LogP contribution in [0, 0.1) is 6.92 Å². The van der Waals surface area contributed by atoms with Crippen LogP contribution < -0.4 is 0 Å². The van der Waals surface area contributed by atoms with Crippen LogP contribution in [0.4, 0.5) is 0 Å². The molecule has 2 nitrogen and oxygen atoms in total. The van der Waals surface area contributed by atoms with E-state index < -0.39 is 0 Å². The van der Waals surface area contributed by atoms with Crippen molar-refractivity contribution in [1.82, 2.24) is 9.97 Å². The van der Waals surface area contributed by atoms with Gasteiger partial charge in [0.15, 0.2) is 0 Å². The summed E-state index contributed by atoms with van der Waals surface area (Å²) in [6, 6.07) is 41.6. The van der Waals surface area contributed by atoms with Gasteiger partial charge in [-0.1, -0.05) is 91.0 Å². The number of fused-ring (bicyclic) bond motifs is 6. The summed E-state index contributed by atoms with van der Waals surface area (Å²) in [5, 5.41) is 7.40. The first-order valence-electron chi connectivity index (χ1n) is 14.1. The average Bonchev–Trinajstić information content (AvgIpc) is 3.36. The molecule has 0 N–H and O–H groups in total. The Labute approximate surface area is 237 Å². The maximum absolute atomic E-state index is 4.91. The number of hydrogen-bond donors (Lipinski definition) is 0. The number of rotatable bonds is 2. The summed E-state index contributed by atoms with van der Waals surface area (Å²) in [6.45, 7) is 2.21. The van der Waals surface area contributed by atoms with Crippen molar-refractivity contribution in [2.45, 2.75) is 6.92 Å². The van der Waals surface area contributed by atoms with Crippen molar-refractivity contribution in [2.24, 2.45) is 0 Å². The molecule has 0 amide bonds. The van der Waals surface area contributed by atoms with Crippen LogP contribution >= 0.6 is 0 Å². The Hall–Kier alpha value is -5.34. The lowest BCUT2D eigenvalue weighted by Gasteiger charge is -2.20. The molecule has 9 rings (SSSR count). The lowest BCUT2D eigenvalue weighted by atomic mass is 9.83. The maximum atomic E-state index is 4.91. The van der Waals surface area contributed by atoms with Crippen molar-refractivity contribution in [1.29, 1.82) is 0 Å². The Morgan fingerprint density at radius 1 is 0.439 bits per heavy atom. The molecule has 6 aromatic carbocycles. The Balaban J connectivity index is 1.50. The van der Waals surface area contributed by atoms with Gasteiger partial charge >= 0.3 is 0 Å². The van der Waals surface area contributed by atoms with Crippen LogP contribution in [0.3, 0.4) is 0 Å². The van der Waals surface area contributed by atoms with E-state index in [1.54, 1.807) is 0 Å². The van der Waals surface area contributed by atoms with Gasteiger partial charge in [0.1, 0.15) is 0 Å². The summed E-state index contributed by atoms with van der Waals surface area (Å²) < 4.78 is 0. The molecule has 2 aromatic heterocycles. The van der Waals surface area contributed by atoms with E-state index in [2.05, 4.69) is 122 Å². The van der Waals surface area contributed by atoms with Crippen LogP contribution in [0.1, 0.15) is 5.56 Å². The fourth-order valence-corrected chi connectivity index (χ4v) is 6.96. The fourth-order valence-electron chi connectivity index (χ4n) is 6.96. The lowest BCUT2D eigenvalue weighted by Crippen LogP contribution is -1.95. The zero-order chi connectivity index (χ0) is 27.1. The summed E-state index contributed by atoms with van der Waals surface area (Å²) >= 11 is 0. The van der Waals surface area contributed by atoms with Crippen molar-refractivity contribution in [3.63, 3.8) is 0 Å². The zero-order valence-electron chi connectivity index (χ0n) is 22.5. The van der Waals surface area contributed by atoms with Crippen LogP contribution in [-0.4, -0.2) is 9.97 Å². The Kier molecular flexibility index (Phi) is 4.57. The molecule has 0 fully saturated rings. The number of hydrogen-bond acceptors (Lipinski definition) is 2. The molecule has 41 heavy (non-hydrogen) atoms. The molecule has 0 saturated heterocycles. The zero-order valence-corrected chi connectivity index (χ0v) is 22.5. The molecule has 8 aromatic rings. The quantitative estimate of drug-likeness (QED) is 0.227. The monoisotopic (exact) mass is 520 g/mol. The molecule has 0 radical (unpaired) electrons. The normalized spacial score (nSPS) is 12.0. The van der Waals surface area contributed by atoms with Crippen molar-refractivity contribution >= 4 is 43.4 Å². The largest absolute Gasteiger partial charge is 0.256 e. The van der Waals surface area contributed by atoms with E-state index in [4.69, 9.17) is 9.97 Å². The van der Waals surface area contributed by atoms with Crippen LogP contribution in [0.2, 0.25) is 0 Å². The Morgan fingerprint density at radius 3 is 1.56 bits per heavy atom. The van der Waals surface area contributed by atoms with Gasteiger partial charge in [-0.2, -0.15) is 0 Å². The predicted octanol–water partition coefficient (Wildman–Crippen LogP) is 10.4. The molecule has 0 atom stereocenters. The molecule has 1 aliphatic carbocycles. The van der Waals surface area contributed by atoms with Crippen LogP contribution in [0.15, 0.2) is 128 Å². The number of aromatic nitrogens is 2. The van der Waals surface area contributed by atoms with Gasteiger partial charge in [0, 0.05) is 34.3 Å². The van der Waals surface area contributed by atoms with Gasteiger partial charge < -0.3 is 0 Å². The van der Waals surface area contributed by atoms with Gasteiger partial charge in [-0.05, 0) is 91.7 Å². The standard InChI is InChI=1S/C39H24N2/c1-23-17-18-32-37-28(23)13-8-14-31(37)38-35(26-19-24-9-2-6-15-33(24)40-21-26)29-11-4-5-12-30(29)36(39(32)38)27-20-25-10-3-7-16-34(25)41-22-27/h2-22H,1H3. The van der Waals surface area contributed by atoms with Gasteiger partial charge in [-0.15, -0.1) is 0 Å². The van der Waals surface area contributed by atoms with Crippen molar-refractivity contribution < 1.29 is 0 Å². The minimum Gasteiger partial charge on any atom is -0.256 e. The van der Waals surface area contributed by atoms with Gasteiger partial charge in [0.05, 0.1) is 11.0 Å². The first-order chi connectivity index (χ1) is 20.3. The van der Waals surface area contributed by atoms with Crippen molar-refractivity contribution in [2.75, 3.05) is 0 Å². The fraction of sp³-hybridized carbons (Fsp3) is 0.0256. The van der Waals surface area contributed by atoms with E-state index in [9.17, 15) is 0 Å². The predicted molar refractivity (Wildman–Crippen MR) is 172 cm³/mol. The molecular formula is C39H24N2. The highest BCUT2D eigenvalue weighted by atomic mass is 14.7. The van der Waals surface area contributed by atoms with Gasteiger partial charge in [0.25, 0.3) is 0 Å². The number of nitrogens with zero attached hydrogens (tertiary/aromatic N) is 2. The van der Waals surface area contributed by atoms with E-state index in [0.29, 0.717) is 0 Å². The minimum atomic E-state index is 1.01. The summed E-state index contributed by atoms with van der Waals surface area (Å²) in [7, 11) is 0. The molecule has 0 aliphatic heterocycles. The van der Waals surface area contributed by atoms with E-state index in [1.807, 2.05) is 12.1 Å². The van der Waals surface area contributed by atoms with Gasteiger partial charge in [-0.3, -0.25) is 9.97 Å². The Morgan fingerprint density at radius 2 is 0.951 bits per heavy atom. The second kappa shape index (κ2) is 8.33. The smallest absolute Gasteiger partial charge is 0.0702 e. The molecule has 0 bridgehead atoms. The van der Waals surface area contributed by atoms with E-state index in [0.717, 1.165) is 32.9 Å². The summed E-state index contributed by atoms with van der Waals surface area (Å²) in [5.74, 6) is 0. The highest BCUT2D eigenvalue weighted by molar-refractivity contribution is 6.28. The van der Waals surface area contributed by atoms with Gasteiger partial charge in [-0.25, -0.2) is 0 Å². The molecule has 0 unspecified atom stereocenters. The van der Waals surface area contributed by atoms with E-state index in [1.165, 1.54) is 60.5 Å². The molecule has 1 aliphatic rings. The molecule has 0 spiro atoms. The van der Waals surface area contributed by atoms with Crippen molar-refractivity contribution in [3.05, 3.63) is 133 Å². The summed E-state index contributed by atoms with van der Waals surface area (Å²) in [6.07, 6.45) is 4.10. The number of benzene rings is 6. The third-order valence-corrected chi connectivity index (χ3v) is 8.77. The number of para-hydroxylation sites is 2. The first kappa shape index (κ1) is 22.5. The number of aryl methyl sites for hydroxylation is 1. The van der Waals surface area contributed by atoms with Crippen LogP contribution in [0.25, 0.3) is 87.9 Å². The Bertz CT molecular complexity index is 2250. The molecule has 2 heteroatoms. The third-order valence-electron chi connectivity index (χ3n) is 8.77. The summed E-state index contributed by atoms with van der Waals surface area (Å²) in [5.41, 5.74) is 13.2. The molecule has 190 valence electrons. The minimum absolute atomic E-state index is 1.01. The van der Waals surface area contributed by atoms with Crippen molar-refractivity contribution in [3.8, 4) is 44.5 Å². The highest BCUT2D eigenvalue weighted by Gasteiger charge is 2.31. The third kappa shape index (κ3) is 3.13. The first-order valence-corrected chi connectivity index (χ1v) is 14.1. The van der Waals surface area contributed by atoms with Crippen LogP contribution in [-0.2, 0) is 0 Å². The lowest BCUT2D eigenvalue weighted by molar-refractivity contribution is 1.41. The number of pyridine rings is 2.